The summed E-state index contributed by atoms with van der Waals surface area (Å²) in [5.41, 5.74) is 3.67. The Balaban J connectivity index is 1.51. The molecule has 0 bridgehead atoms. The average molecular weight is 349 g/mol. The van der Waals surface area contributed by atoms with Crippen LogP contribution in [0.1, 0.15) is 28.4 Å². The van der Waals surface area contributed by atoms with Crippen LogP contribution in [0.2, 0.25) is 0 Å². The number of pyridine rings is 1. The van der Waals surface area contributed by atoms with Gasteiger partial charge in [-0.1, -0.05) is 6.07 Å². The molecule has 1 aromatic carbocycles. The molecule has 1 saturated heterocycles. The van der Waals surface area contributed by atoms with Crippen LogP contribution in [-0.2, 0) is 0 Å². The largest absolute Gasteiger partial charge is 0.345 e. The van der Waals surface area contributed by atoms with Gasteiger partial charge in [-0.15, -0.1) is 0 Å². The standard InChI is InChI=1S/C20H23N5O/c1-24-9-7-16(19(24)15-4-3-8-21-11-15)12-25(2)20(26)14-5-6-17-18(10-14)23-13-22-17/h3-6,8,10-11,13,16,19H,7,9,12H2,1-2H3,(H,22,23)/t16-,19-/m0/s1. The minimum absolute atomic E-state index is 0.0426. The van der Waals surface area contributed by atoms with Crippen LogP contribution in [-0.4, -0.2) is 57.8 Å². The maximum atomic E-state index is 12.9. The average Bonchev–Trinajstić information content (AvgIpc) is 3.27. The second-order valence-corrected chi connectivity index (χ2v) is 7.08. The third-order valence-corrected chi connectivity index (χ3v) is 5.32. The summed E-state index contributed by atoms with van der Waals surface area (Å²) in [5.74, 6) is 0.440. The monoisotopic (exact) mass is 349 g/mol. The molecule has 6 nitrogen and oxygen atoms in total. The number of likely N-dealkylation sites (tertiary alicyclic amines) is 1. The summed E-state index contributed by atoms with van der Waals surface area (Å²) in [6, 6.07) is 10.0. The second-order valence-electron chi connectivity index (χ2n) is 7.08. The first-order valence-electron chi connectivity index (χ1n) is 8.92. The third-order valence-electron chi connectivity index (χ3n) is 5.32. The van der Waals surface area contributed by atoms with Gasteiger partial charge in [0.25, 0.3) is 5.91 Å². The Morgan fingerprint density at radius 1 is 1.38 bits per heavy atom. The van der Waals surface area contributed by atoms with Crippen molar-refractivity contribution in [3.05, 3.63) is 60.2 Å². The van der Waals surface area contributed by atoms with Crippen LogP contribution in [0.25, 0.3) is 11.0 Å². The van der Waals surface area contributed by atoms with Crippen molar-refractivity contribution in [3.63, 3.8) is 0 Å². The Morgan fingerprint density at radius 3 is 3.08 bits per heavy atom. The van der Waals surface area contributed by atoms with Gasteiger partial charge in [-0.2, -0.15) is 0 Å². The predicted octanol–water partition coefficient (Wildman–Crippen LogP) is 2.72. The van der Waals surface area contributed by atoms with Crippen molar-refractivity contribution in [1.82, 2.24) is 24.8 Å². The molecule has 0 spiro atoms. The first kappa shape index (κ1) is 16.7. The fourth-order valence-corrected chi connectivity index (χ4v) is 4.02. The smallest absolute Gasteiger partial charge is 0.253 e. The van der Waals surface area contributed by atoms with Gasteiger partial charge in [-0.3, -0.25) is 14.7 Å². The number of nitrogens with zero attached hydrogens (tertiary/aromatic N) is 4. The van der Waals surface area contributed by atoms with Gasteiger partial charge in [0, 0.05) is 37.6 Å². The number of hydrogen-bond donors (Lipinski definition) is 1. The molecule has 2 atom stereocenters. The lowest BCUT2D eigenvalue weighted by atomic mass is 9.94. The highest BCUT2D eigenvalue weighted by Crippen LogP contribution is 2.36. The fourth-order valence-electron chi connectivity index (χ4n) is 4.02. The topological polar surface area (TPSA) is 65.1 Å². The van der Waals surface area contributed by atoms with Crippen LogP contribution >= 0.6 is 0 Å². The quantitative estimate of drug-likeness (QED) is 0.786. The van der Waals surface area contributed by atoms with Gasteiger partial charge in [0.1, 0.15) is 0 Å². The number of aromatic amines is 1. The van der Waals surface area contributed by atoms with Crippen molar-refractivity contribution in [2.24, 2.45) is 5.92 Å². The summed E-state index contributed by atoms with van der Waals surface area (Å²) >= 11 is 0. The van der Waals surface area contributed by atoms with Crippen molar-refractivity contribution >= 4 is 16.9 Å². The number of carbonyl (C=O) groups excluding carboxylic acids is 1. The molecule has 2 aromatic heterocycles. The minimum atomic E-state index is 0.0426. The van der Waals surface area contributed by atoms with Gasteiger partial charge in [0.15, 0.2) is 0 Å². The fraction of sp³-hybridized carbons (Fsp3) is 0.350. The summed E-state index contributed by atoms with van der Waals surface area (Å²) in [6.45, 7) is 1.76. The normalized spacial score (nSPS) is 20.5. The Bertz CT molecular complexity index is 907. The number of imidazole rings is 1. The highest BCUT2D eigenvalue weighted by molar-refractivity contribution is 5.97. The number of fused-ring (bicyclic) bond motifs is 1. The SMILES string of the molecule is CN(C[C@@H]1CCN(C)[C@H]1c1cccnc1)C(=O)c1ccc2nc[nH]c2c1. The first-order valence-corrected chi connectivity index (χ1v) is 8.92. The van der Waals surface area contributed by atoms with Gasteiger partial charge < -0.3 is 9.88 Å². The van der Waals surface area contributed by atoms with E-state index in [0.717, 1.165) is 30.5 Å². The number of aromatic nitrogens is 3. The van der Waals surface area contributed by atoms with Crippen molar-refractivity contribution < 1.29 is 4.79 Å². The van der Waals surface area contributed by atoms with E-state index in [1.54, 1.807) is 12.5 Å². The zero-order valence-electron chi connectivity index (χ0n) is 15.1. The maximum Gasteiger partial charge on any atom is 0.253 e. The van der Waals surface area contributed by atoms with E-state index in [0.29, 0.717) is 17.5 Å². The van der Waals surface area contributed by atoms with E-state index in [-0.39, 0.29) is 5.91 Å². The van der Waals surface area contributed by atoms with Crippen LogP contribution in [0.5, 0.6) is 0 Å². The van der Waals surface area contributed by atoms with Crippen LogP contribution in [0, 0.1) is 5.92 Å². The molecule has 0 unspecified atom stereocenters. The van der Waals surface area contributed by atoms with E-state index < -0.39 is 0 Å². The molecule has 1 fully saturated rings. The number of benzene rings is 1. The molecule has 0 radical (unpaired) electrons. The molecule has 3 aromatic rings. The zero-order chi connectivity index (χ0) is 18.1. The van der Waals surface area contributed by atoms with E-state index >= 15 is 0 Å². The maximum absolute atomic E-state index is 12.9. The van der Waals surface area contributed by atoms with Gasteiger partial charge >= 0.3 is 0 Å². The van der Waals surface area contributed by atoms with Crippen LogP contribution in [0.4, 0.5) is 0 Å². The lowest BCUT2D eigenvalue weighted by molar-refractivity contribution is 0.0761. The number of amides is 1. The lowest BCUT2D eigenvalue weighted by Gasteiger charge is -2.28. The molecule has 26 heavy (non-hydrogen) atoms. The van der Waals surface area contributed by atoms with Crippen LogP contribution in [0.15, 0.2) is 49.1 Å². The van der Waals surface area contributed by atoms with E-state index in [1.165, 1.54) is 5.56 Å². The summed E-state index contributed by atoms with van der Waals surface area (Å²) < 4.78 is 0. The number of rotatable bonds is 4. The number of nitrogens with one attached hydrogen (secondary N) is 1. The third kappa shape index (κ3) is 3.08. The molecule has 4 rings (SSSR count). The van der Waals surface area contributed by atoms with Gasteiger partial charge in [-0.25, -0.2) is 4.98 Å². The van der Waals surface area contributed by atoms with E-state index in [2.05, 4.69) is 33.0 Å². The molecule has 134 valence electrons. The molecule has 1 aliphatic heterocycles. The minimum Gasteiger partial charge on any atom is -0.345 e. The molecule has 1 amide bonds. The first-order chi connectivity index (χ1) is 12.6. The summed E-state index contributed by atoms with van der Waals surface area (Å²) in [4.78, 5) is 28.6. The summed E-state index contributed by atoms with van der Waals surface area (Å²) in [6.07, 6.45) is 6.46. The van der Waals surface area contributed by atoms with Gasteiger partial charge in [0.05, 0.1) is 17.4 Å². The lowest BCUT2D eigenvalue weighted by Crippen LogP contribution is -2.34. The molecule has 3 heterocycles. The Morgan fingerprint density at radius 2 is 2.27 bits per heavy atom. The highest BCUT2D eigenvalue weighted by Gasteiger charge is 2.34. The van der Waals surface area contributed by atoms with Gasteiger partial charge in [-0.05, 0) is 55.8 Å². The highest BCUT2D eigenvalue weighted by atomic mass is 16.2. The second kappa shape index (κ2) is 6.88. The summed E-state index contributed by atoms with van der Waals surface area (Å²) in [5, 5.41) is 0. The molecule has 0 aliphatic carbocycles. The Labute approximate surface area is 152 Å². The molecular weight excluding hydrogens is 326 g/mol. The zero-order valence-corrected chi connectivity index (χ0v) is 15.1. The van der Waals surface area contributed by atoms with E-state index in [4.69, 9.17) is 0 Å². The van der Waals surface area contributed by atoms with Crippen LogP contribution < -0.4 is 0 Å². The molecule has 6 heteroatoms. The number of H-pyrrole nitrogens is 1. The van der Waals surface area contributed by atoms with Crippen molar-refractivity contribution in [2.75, 3.05) is 27.2 Å². The Kier molecular flexibility index (Phi) is 4.42. The molecular formula is C20H23N5O. The molecule has 1 N–H and O–H groups in total. The van der Waals surface area contributed by atoms with Crippen LogP contribution in [0.3, 0.4) is 0 Å². The predicted molar refractivity (Wildman–Crippen MR) is 101 cm³/mol. The molecule has 1 aliphatic rings. The van der Waals surface area contributed by atoms with Crippen molar-refractivity contribution in [3.8, 4) is 0 Å². The van der Waals surface area contributed by atoms with Crippen molar-refractivity contribution in [1.29, 1.82) is 0 Å². The number of carbonyl (C=O) groups is 1. The Hall–Kier alpha value is -2.73. The van der Waals surface area contributed by atoms with Crippen molar-refractivity contribution in [2.45, 2.75) is 12.5 Å². The number of hydrogen-bond acceptors (Lipinski definition) is 4. The van der Waals surface area contributed by atoms with E-state index in [9.17, 15) is 4.79 Å². The summed E-state index contributed by atoms with van der Waals surface area (Å²) in [7, 11) is 4.03. The molecule has 0 saturated carbocycles. The van der Waals surface area contributed by atoms with E-state index in [1.807, 2.05) is 42.4 Å². The van der Waals surface area contributed by atoms with Gasteiger partial charge in [0.2, 0.25) is 0 Å².